The number of aliphatic imine (C=N–C) groups is 1. The summed E-state index contributed by atoms with van der Waals surface area (Å²) in [5, 5.41) is 5.98. The largest absolute Gasteiger partial charge is 0.340 e. The summed E-state index contributed by atoms with van der Waals surface area (Å²) >= 11 is 0. The molecule has 1 aliphatic carbocycles. The predicted molar refractivity (Wildman–Crippen MR) is 96.0 cm³/mol. The topological polar surface area (TPSA) is 88.4 Å². The fourth-order valence-corrected chi connectivity index (χ4v) is 4.22. The van der Waals surface area contributed by atoms with Gasteiger partial charge in [-0.1, -0.05) is 20.8 Å². The SMILES string of the molecule is Cn1cnc(CCNC(=O)NC2CC(C)(C)CC(C)(CN=C=O)C2)c1. The number of isocyanates is 1. The maximum atomic E-state index is 12.2. The van der Waals surface area contributed by atoms with Crippen LogP contribution in [-0.4, -0.2) is 40.8 Å². The van der Waals surface area contributed by atoms with Crippen molar-refractivity contribution in [1.82, 2.24) is 20.2 Å². The third-order valence-corrected chi connectivity index (χ3v) is 4.73. The first-order chi connectivity index (χ1) is 11.7. The fourth-order valence-electron chi connectivity index (χ4n) is 4.22. The van der Waals surface area contributed by atoms with Crippen molar-refractivity contribution >= 4 is 12.1 Å². The Morgan fingerprint density at radius 3 is 2.84 bits per heavy atom. The number of rotatable bonds is 6. The van der Waals surface area contributed by atoms with Gasteiger partial charge in [0.15, 0.2) is 0 Å². The number of hydrogen-bond acceptors (Lipinski definition) is 4. The van der Waals surface area contributed by atoms with Gasteiger partial charge in [-0.3, -0.25) is 0 Å². The van der Waals surface area contributed by atoms with Crippen molar-refractivity contribution in [2.75, 3.05) is 13.1 Å². The molecular formula is C18H29N5O2. The maximum absolute atomic E-state index is 12.2. The van der Waals surface area contributed by atoms with E-state index in [4.69, 9.17) is 0 Å². The highest BCUT2D eigenvalue weighted by Crippen LogP contribution is 2.46. The molecule has 0 aliphatic heterocycles. The van der Waals surface area contributed by atoms with Gasteiger partial charge in [0.2, 0.25) is 6.08 Å². The van der Waals surface area contributed by atoms with E-state index >= 15 is 0 Å². The molecule has 2 amide bonds. The van der Waals surface area contributed by atoms with Gasteiger partial charge in [0.25, 0.3) is 0 Å². The Morgan fingerprint density at radius 2 is 2.20 bits per heavy atom. The van der Waals surface area contributed by atoms with Crippen LogP contribution in [0.4, 0.5) is 4.79 Å². The van der Waals surface area contributed by atoms with Gasteiger partial charge in [0.1, 0.15) is 0 Å². The van der Waals surface area contributed by atoms with Crippen LogP contribution in [0.3, 0.4) is 0 Å². The molecule has 7 nitrogen and oxygen atoms in total. The van der Waals surface area contributed by atoms with Crippen molar-refractivity contribution in [1.29, 1.82) is 0 Å². The number of hydrogen-bond donors (Lipinski definition) is 2. The smallest absolute Gasteiger partial charge is 0.315 e. The number of nitrogens with zero attached hydrogens (tertiary/aromatic N) is 3. The van der Waals surface area contributed by atoms with E-state index < -0.39 is 0 Å². The van der Waals surface area contributed by atoms with E-state index in [-0.39, 0.29) is 22.9 Å². The Bertz CT molecular complexity index is 648. The Morgan fingerprint density at radius 1 is 1.44 bits per heavy atom. The summed E-state index contributed by atoms with van der Waals surface area (Å²) in [4.78, 5) is 30.7. The Kier molecular flexibility index (Phi) is 6.01. The molecule has 1 heterocycles. The summed E-state index contributed by atoms with van der Waals surface area (Å²) < 4.78 is 1.89. The molecule has 2 atom stereocenters. The molecule has 1 aromatic rings. The van der Waals surface area contributed by atoms with Gasteiger partial charge in [0.05, 0.1) is 18.6 Å². The minimum Gasteiger partial charge on any atom is -0.340 e. The first-order valence-corrected chi connectivity index (χ1v) is 8.76. The molecule has 1 aliphatic rings. The molecule has 2 N–H and O–H groups in total. The molecule has 2 unspecified atom stereocenters. The van der Waals surface area contributed by atoms with E-state index in [9.17, 15) is 9.59 Å². The molecule has 25 heavy (non-hydrogen) atoms. The van der Waals surface area contributed by atoms with Crippen LogP contribution in [0.2, 0.25) is 0 Å². The molecule has 0 saturated heterocycles. The molecule has 0 bridgehead atoms. The molecule has 2 rings (SSSR count). The van der Waals surface area contributed by atoms with Crippen molar-refractivity contribution in [3.05, 3.63) is 18.2 Å². The lowest BCUT2D eigenvalue weighted by atomic mass is 9.62. The van der Waals surface area contributed by atoms with Crippen LogP contribution in [0.25, 0.3) is 0 Å². The lowest BCUT2D eigenvalue weighted by Crippen LogP contribution is -2.50. The van der Waals surface area contributed by atoms with Crippen LogP contribution < -0.4 is 10.6 Å². The van der Waals surface area contributed by atoms with Crippen LogP contribution in [0.15, 0.2) is 17.5 Å². The van der Waals surface area contributed by atoms with E-state index in [0.717, 1.165) is 25.0 Å². The van der Waals surface area contributed by atoms with Crippen LogP contribution in [0.1, 0.15) is 45.7 Å². The lowest BCUT2D eigenvalue weighted by Gasteiger charge is -2.46. The van der Waals surface area contributed by atoms with Gasteiger partial charge in [0, 0.05) is 32.3 Å². The normalized spacial score (nSPS) is 25.0. The number of imidazole rings is 1. The zero-order chi connectivity index (χ0) is 18.5. The second-order valence-corrected chi connectivity index (χ2v) is 8.35. The minimum absolute atomic E-state index is 0.0745. The number of aromatic nitrogens is 2. The summed E-state index contributed by atoms with van der Waals surface area (Å²) in [5.74, 6) is 0. The van der Waals surface area contributed by atoms with Crippen molar-refractivity contribution in [3.63, 3.8) is 0 Å². The van der Waals surface area contributed by atoms with Crippen molar-refractivity contribution < 1.29 is 9.59 Å². The van der Waals surface area contributed by atoms with Gasteiger partial charge in [-0.05, 0) is 30.1 Å². The first-order valence-electron chi connectivity index (χ1n) is 8.76. The quantitative estimate of drug-likeness (QED) is 0.611. The third kappa shape index (κ3) is 6.02. The monoisotopic (exact) mass is 347 g/mol. The average molecular weight is 347 g/mol. The summed E-state index contributed by atoms with van der Waals surface area (Å²) in [6.45, 7) is 7.53. The highest BCUT2D eigenvalue weighted by Gasteiger charge is 2.41. The lowest BCUT2D eigenvalue weighted by molar-refractivity contribution is 0.0807. The second kappa shape index (κ2) is 7.83. The number of carbonyl (C=O) groups is 1. The van der Waals surface area contributed by atoms with Crippen LogP contribution in [0.5, 0.6) is 0 Å². The average Bonchev–Trinajstić information content (AvgIpc) is 2.88. The van der Waals surface area contributed by atoms with Gasteiger partial charge < -0.3 is 15.2 Å². The van der Waals surface area contributed by atoms with E-state index in [2.05, 4.69) is 41.4 Å². The number of amides is 2. The molecule has 1 saturated carbocycles. The molecule has 0 aromatic carbocycles. The number of aryl methyl sites for hydroxylation is 1. The van der Waals surface area contributed by atoms with E-state index in [1.165, 1.54) is 0 Å². The summed E-state index contributed by atoms with van der Waals surface area (Å²) in [5.41, 5.74) is 0.962. The Balaban J connectivity index is 1.84. The zero-order valence-corrected chi connectivity index (χ0v) is 15.6. The van der Waals surface area contributed by atoms with Crippen molar-refractivity contribution in [3.8, 4) is 0 Å². The van der Waals surface area contributed by atoms with Crippen molar-refractivity contribution in [2.24, 2.45) is 22.9 Å². The Labute approximate surface area is 149 Å². The molecule has 7 heteroatoms. The maximum Gasteiger partial charge on any atom is 0.315 e. The summed E-state index contributed by atoms with van der Waals surface area (Å²) in [7, 11) is 1.92. The van der Waals surface area contributed by atoms with Crippen LogP contribution in [0, 0.1) is 10.8 Å². The van der Waals surface area contributed by atoms with Gasteiger partial charge in [-0.25, -0.2) is 19.6 Å². The second-order valence-electron chi connectivity index (χ2n) is 8.35. The van der Waals surface area contributed by atoms with E-state index in [0.29, 0.717) is 19.5 Å². The van der Waals surface area contributed by atoms with Gasteiger partial charge in [-0.2, -0.15) is 0 Å². The molecule has 1 aromatic heterocycles. The van der Waals surface area contributed by atoms with Gasteiger partial charge in [-0.15, -0.1) is 0 Å². The van der Waals surface area contributed by atoms with E-state index in [1.807, 2.05) is 17.8 Å². The van der Waals surface area contributed by atoms with Crippen LogP contribution in [-0.2, 0) is 18.3 Å². The standard InChI is InChI=1S/C18H29N5O2/c1-17(2)7-15(8-18(3,10-17)11-19-13-24)22-16(25)20-6-5-14-9-23(4)12-21-14/h9,12,15H,5-8,10-11H2,1-4H3,(H2,20,22,25). The molecular weight excluding hydrogens is 318 g/mol. The number of urea groups is 1. The van der Waals surface area contributed by atoms with Crippen molar-refractivity contribution in [2.45, 2.75) is 52.5 Å². The molecule has 138 valence electrons. The highest BCUT2D eigenvalue weighted by molar-refractivity contribution is 5.74. The summed E-state index contributed by atoms with van der Waals surface area (Å²) in [6, 6.07) is -0.0784. The highest BCUT2D eigenvalue weighted by atomic mass is 16.2. The minimum atomic E-state index is -0.153. The molecule has 0 radical (unpaired) electrons. The molecule has 1 fully saturated rings. The predicted octanol–water partition coefficient (Wildman–Crippen LogP) is 2.18. The molecule has 0 spiro atoms. The Hall–Kier alpha value is -2.14. The van der Waals surface area contributed by atoms with Crippen LogP contribution >= 0.6 is 0 Å². The van der Waals surface area contributed by atoms with Gasteiger partial charge >= 0.3 is 6.03 Å². The third-order valence-electron chi connectivity index (χ3n) is 4.73. The number of nitrogens with one attached hydrogen (secondary N) is 2. The zero-order valence-electron chi connectivity index (χ0n) is 15.6. The first kappa shape index (κ1) is 19.2. The fraction of sp³-hybridized carbons (Fsp3) is 0.722. The summed E-state index contributed by atoms with van der Waals surface area (Å²) in [6.07, 6.45) is 8.75. The van der Waals surface area contributed by atoms with E-state index in [1.54, 1.807) is 12.4 Å². The number of carbonyl (C=O) groups excluding carboxylic acids is 2.